The van der Waals surface area contributed by atoms with Gasteiger partial charge in [-0.1, -0.05) is 23.8 Å². The number of aryl methyl sites for hydroxylation is 1. The highest BCUT2D eigenvalue weighted by molar-refractivity contribution is 7.92. The van der Waals surface area contributed by atoms with Crippen LogP contribution in [0.15, 0.2) is 53.4 Å². The molecule has 0 saturated carbocycles. The molecule has 164 valence electrons. The van der Waals surface area contributed by atoms with Gasteiger partial charge in [-0.05, 0) is 50.1 Å². The Morgan fingerprint density at radius 2 is 1.84 bits per heavy atom. The number of anilines is 1. The van der Waals surface area contributed by atoms with Crippen LogP contribution in [0.5, 0.6) is 0 Å². The van der Waals surface area contributed by atoms with Crippen LogP contribution >= 0.6 is 0 Å². The molecule has 2 aromatic rings. The first-order valence-electron chi connectivity index (χ1n) is 10.3. The fourth-order valence-corrected chi connectivity index (χ4v) is 4.87. The number of carbonyl (C=O) groups excluding carboxylic acids is 1. The Morgan fingerprint density at radius 3 is 2.48 bits per heavy atom. The summed E-state index contributed by atoms with van der Waals surface area (Å²) in [5.74, 6) is -0.266. The molecule has 0 aliphatic carbocycles. The van der Waals surface area contributed by atoms with Gasteiger partial charge in [0.1, 0.15) is 0 Å². The fourth-order valence-electron chi connectivity index (χ4n) is 3.62. The van der Waals surface area contributed by atoms with Crippen molar-refractivity contribution in [3.05, 3.63) is 59.7 Å². The van der Waals surface area contributed by atoms with Crippen molar-refractivity contribution < 1.29 is 17.9 Å². The molecular formula is C23H27N3O4S. The minimum absolute atomic E-state index is 0.0231. The summed E-state index contributed by atoms with van der Waals surface area (Å²) in [7, 11) is -2.34. The Bertz CT molecular complexity index is 1050. The van der Waals surface area contributed by atoms with Crippen molar-refractivity contribution in [1.29, 1.82) is 5.26 Å². The Kier molecular flexibility index (Phi) is 7.31. The predicted molar refractivity (Wildman–Crippen MR) is 118 cm³/mol. The summed E-state index contributed by atoms with van der Waals surface area (Å²) in [5.41, 5.74) is 1.87. The van der Waals surface area contributed by atoms with Gasteiger partial charge in [0.2, 0.25) is 0 Å². The van der Waals surface area contributed by atoms with Gasteiger partial charge in [0.15, 0.2) is 0 Å². The topological polar surface area (TPSA) is 90.7 Å². The zero-order chi connectivity index (χ0) is 22.4. The van der Waals surface area contributed by atoms with Crippen LogP contribution < -0.4 is 4.31 Å². The standard InChI is InChI=1S/C23H27N3O4S/c1-18-7-9-20(10-8-18)25(2)31(28,29)22-6-3-5-19(17-22)23(27)26(14-4-13-24)21-11-15-30-16-12-21/h3,5-10,17,21H,4,11-12,14-16H2,1-2H3. The van der Waals surface area contributed by atoms with Gasteiger partial charge in [0.25, 0.3) is 15.9 Å². The number of ether oxygens (including phenoxy) is 1. The van der Waals surface area contributed by atoms with Crippen molar-refractivity contribution in [2.24, 2.45) is 0 Å². The molecule has 7 nitrogen and oxygen atoms in total. The van der Waals surface area contributed by atoms with E-state index in [1.54, 1.807) is 29.2 Å². The van der Waals surface area contributed by atoms with Gasteiger partial charge < -0.3 is 9.64 Å². The number of rotatable bonds is 7. The molecule has 0 atom stereocenters. The number of amides is 1. The zero-order valence-electron chi connectivity index (χ0n) is 17.8. The predicted octanol–water partition coefficient (Wildman–Crippen LogP) is 3.36. The lowest BCUT2D eigenvalue weighted by molar-refractivity contribution is 0.0296. The molecule has 0 spiro atoms. The molecule has 1 fully saturated rings. The summed E-state index contributed by atoms with van der Waals surface area (Å²) in [5, 5.41) is 9.01. The van der Waals surface area contributed by atoms with Crippen molar-refractivity contribution in [3.8, 4) is 6.07 Å². The fraction of sp³-hybridized carbons (Fsp3) is 0.391. The molecule has 1 aliphatic heterocycles. The molecule has 1 amide bonds. The van der Waals surface area contributed by atoms with E-state index in [1.807, 2.05) is 19.1 Å². The van der Waals surface area contributed by atoms with Crippen LogP contribution in [-0.2, 0) is 14.8 Å². The van der Waals surface area contributed by atoms with Crippen molar-refractivity contribution in [2.75, 3.05) is 31.1 Å². The minimum Gasteiger partial charge on any atom is -0.381 e. The number of hydrogen-bond acceptors (Lipinski definition) is 5. The Balaban J connectivity index is 1.88. The molecule has 31 heavy (non-hydrogen) atoms. The third-order valence-electron chi connectivity index (χ3n) is 5.49. The number of hydrogen-bond donors (Lipinski definition) is 0. The molecule has 0 radical (unpaired) electrons. The van der Waals surface area contributed by atoms with Crippen LogP contribution in [0.4, 0.5) is 5.69 Å². The highest BCUT2D eigenvalue weighted by atomic mass is 32.2. The van der Waals surface area contributed by atoms with Gasteiger partial charge in [-0.3, -0.25) is 9.10 Å². The van der Waals surface area contributed by atoms with Crippen molar-refractivity contribution >= 4 is 21.6 Å². The molecule has 3 rings (SSSR count). The lowest BCUT2D eigenvalue weighted by Crippen LogP contribution is -2.44. The lowest BCUT2D eigenvalue weighted by Gasteiger charge is -2.34. The summed E-state index contributed by atoms with van der Waals surface area (Å²) in [4.78, 5) is 15.0. The van der Waals surface area contributed by atoms with Gasteiger partial charge in [-0.25, -0.2) is 8.42 Å². The minimum atomic E-state index is -3.84. The third kappa shape index (κ3) is 5.24. The quantitative estimate of drug-likeness (QED) is 0.657. The molecule has 0 unspecified atom stereocenters. The van der Waals surface area contributed by atoms with E-state index in [4.69, 9.17) is 10.00 Å². The van der Waals surface area contributed by atoms with Crippen LogP contribution in [0.2, 0.25) is 0 Å². The second-order valence-electron chi connectivity index (χ2n) is 7.59. The third-order valence-corrected chi connectivity index (χ3v) is 7.28. The number of nitrogens with zero attached hydrogens (tertiary/aromatic N) is 3. The van der Waals surface area contributed by atoms with E-state index in [0.29, 0.717) is 43.9 Å². The van der Waals surface area contributed by atoms with Crippen LogP contribution in [0.3, 0.4) is 0 Å². The maximum atomic E-state index is 13.3. The van der Waals surface area contributed by atoms with Gasteiger partial charge in [-0.15, -0.1) is 0 Å². The molecule has 1 heterocycles. The van der Waals surface area contributed by atoms with Gasteiger partial charge in [0, 0.05) is 38.4 Å². The van der Waals surface area contributed by atoms with Crippen LogP contribution in [0.25, 0.3) is 0 Å². The van der Waals surface area contributed by atoms with E-state index in [1.165, 1.54) is 23.5 Å². The van der Waals surface area contributed by atoms with Gasteiger partial charge >= 0.3 is 0 Å². The maximum Gasteiger partial charge on any atom is 0.264 e. The highest BCUT2D eigenvalue weighted by Gasteiger charge is 2.28. The molecule has 0 N–H and O–H groups in total. The summed E-state index contributed by atoms with van der Waals surface area (Å²) >= 11 is 0. The Morgan fingerprint density at radius 1 is 1.16 bits per heavy atom. The normalized spacial score (nSPS) is 14.6. The number of carbonyl (C=O) groups is 1. The van der Waals surface area contributed by atoms with Gasteiger partial charge in [-0.2, -0.15) is 5.26 Å². The average molecular weight is 442 g/mol. The largest absolute Gasteiger partial charge is 0.381 e. The van der Waals surface area contributed by atoms with Crippen LogP contribution in [0, 0.1) is 18.3 Å². The van der Waals surface area contributed by atoms with E-state index in [-0.39, 0.29) is 23.3 Å². The first kappa shape index (κ1) is 22.8. The summed E-state index contributed by atoms with van der Waals surface area (Å²) < 4.78 is 33.0. The second-order valence-corrected chi connectivity index (χ2v) is 9.56. The Hall–Kier alpha value is -2.89. The van der Waals surface area contributed by atoms with Crippen LogP contribution in [-0.4, -0.2) is 52.1 Å². The van der Waals surface area contributed by atoms with Crippen molar-refractivity contribution in [1.82, 2.24) is 4.90 Å². The van der Waals surface area contributed by atoms with Gasteiger partial charge in [0.05, 0.1) is 23.1 Å². The number of benzene rings is 2. The monoisotopic (exact) mass is 441 g/mol. The van der Waals surface area contributed by atoms with E-state index in [9.17, 15) is 13.2 Å². The number of nitriles is 1. The Labute approximate surface area is 183 Å². The van der Waals surface area contributed by atoms with Crippen molar-refractivity contribution in [2.45, 2.75) is 37.1 Å². The molecule has 0 aromatic heterocycles. The number of sulfonamides is 1. The molecule has 1 aliphatic rings. The zero-order valence-corrected chi connectivity index (χ0v) is 18.6. The van der Waals surface area contributed by atoms with E-state index >= 15 is 0 Å². The smallest absolute Gasteiger partial charge is 0.264 e. The SMILES string of the molecule is Cc1ccc(N(C)S(=O)(=O)c2cccc(C(=O)N(CCC#N)C3CCOCC3)c2)cc1. The lowest BCUT2D eigenvalue weighted by atomic mass is 10.0. The highest BCUT2D eigenvalue weighted by Crippen LogP contribution is 2.24. The molecule has 0 bridgehead atoms. The van der Waals surface area contributed by atoms with Crippen LogP contribution in [0.1, 0.15) is 35.2 Å². The summed E-state index contributed by atoms with van der Waals surface area (Å²) in [6, 6.07) is 15.4. The van der Waals surface area contributed by atoms with E-state index in [0.717, 1.165) is 5.56 Å². The molecule has 2 aromatic carbocycles. The molecule has 1 saturated heterocycles. The second kappa shape index (κ2) is 9.94. The summed E-state index contributed by atoms with van der Waals surface area (Å²) in [6.07, 6.45) is 1.62. The molecule has 8 heteroatoms. The summed E-state index contributed by atoms with van der Waals surface area (Å²) in [6.45, 7) is 3.37. The van der Waals surface area contributed by atoms with E-state index < -0.39 is 10.0 Å². The van der Waals surface area contributed by atoms with E-state index in [2.05, 4.69) is 6.07 Å². The molecular weight excluding hydrogens is 414 g/mol. The maximum absolute atomic E-state index is 13.3. The van der Waals surface area contributed by atoms with Crippen molar-refractivity contribution in [3.63, 3.8) is 0 Å². The first-order valence-corrected chi connectivity index (χ1v) is 11.7. The average Bonchev–Trinajstić information content (AvgIpc) is 2.80. The first-order chi connectivity index (χ1) is 14.8.